The van der Waals surface area contributed by atoms with Crippen LogP contribution in [0.2, 0.25) is 0 Å². The number of nitrogens with two attached hydrogens (primary N) is 1. The van der Waals surface area contributed by atoms with E-state index >= 15 is 0 Å². The average Bonchev–Trinajstić information content (AvgIpc) is 2.25. The molecule has 2 N–H and O–H groups in total. The maximum atomic E-state index is 11.2. The van der Waals surface area contributed by atoms with Gasteiger partial charge in [-0.15, -0.1) is 0 Å². The Hall–Kier alpha value is -0.610. The first-order valence-corrected chi connectivity index (χ1v) is 6.20. The number of rotatable bonds is 5. The summed E-state index contributed by atoms with van der Waals surface area (Å²) in [4.78, 5) is 13.3. The summed E-state index contributed by atoms with van der Waals surface area (Å²) in [5.74, 6) is 0.483. The Labute approximate surface area is 98.1 Å². The van der Waals surface area contributed by atoms with Crippen LogP contribution in [0, 0.1) is 5.92 Å². The van der Waals surface area contributed by atoms with Crippen LogP contribution in [0.5, 0.6) is 0 Å². The molecule has 2 atom stereocenters. The summed E-state index contributed by atoms with van der Waals surface area (Å²) in [5, 5.41) is 0. The largest absolute Gasteiger partial charge is 0.468 e. The average molecular weight is 228 g/mol. The minimum atomic E-state index is -0.164. The van der Waals surface area contributed by atoms with E-state index in [1.807, 2.05) is 0 Å². The zero-order chi connectivity index (χ0) is 12.0. The molecule has 4 nitrogen and oxygen atoms in total. The van der Waals surface area contributed by atoms with E-state index in [4.69, 9.17) is 5.73 Å². The van der Waals surface area contributed by atoms with Gasteiger partial charge in [-0.2, -0.15) is 0 Å². The molecule has 0 aromatic carbocycles. The van der Waals surface area contributed by atoms with E-state index < -0.39 is 0 Å². The van der Waals surface area contributed by atoms with E-state index in [9.17, 15) is 4.79 Å². The first kappa shape index (κ1) is 13.5. The number of carbonyl (C=O) groups is 1. The number of ether oxygens (including phenoxy) is 1. The molecule has 0 aromatic heterocycles. The Balaban J connectivity index is 2.37. The van der Waals surface area contributed by atoms with E-state index in [2.05, 4.69) is 16.6 Å². The number of methoxy groups -OCH3 is 1. The molecule has 0 spiro atoms. The molecule has 1 heterocycles. The maximum absolute atomic E-state index is 11.2. The van der Waals surface area contributed by atoms with Crippen molar-refractivity contribution in [3.63, 3.8) is 0 Å². The first-order valence-electron chi connectivity index (χ1n) is 6.20. The second-order valence-corrected chi connectivity index (χ2v) is 4.77. The molecule has 94 valence electrons. The second-order valence-electron chi connectivity index (χ2n) is 4.77. The van der Waals surface area contributed by atoms with Crippen LogP contribution in [0.3, 0.4) is 0 Å². The number of carbonyl (C=O) groups excluding carboxylic acids is 1. The Morgan fingerprint density at radius 1 is 1.50 bits per heavy atom. The highest BCUT2D eigenvalue weighted by molar-refractivity contribution is 5.71. The summed E-state index contributed by atoms with van der Waals surface area (Å²) in [6.07, 6.45) is 4.80. The normalized spacial score (nSPS) is 26.7. The minimum Gasteiger partial charge on any atom is -0.468 e. The van der Waals surface area contributed by atoms with Crippen molar-refractivity contribution in [2.45, 2.75) is 38.6 Å². The highest BCUT2D eigenvalue weighted by Gasteiger charge is 2.25. The van der Waals surface area contributed by atoms with Gasteiger partial charge in [-0.1, -0.05) is 19.8 Å². The van der Waals surface area contributed by atoms with E-state index in [0.29, 0.717) is 12.5 Å². The lowest BCUT2D eigenvalue weighted by Gasteiger charge is -2.35. The predicted molar refractivity (Wildman–Crippen MR) is 64.1 cm³/mol. The number of likely N-dealkylation sites (tertiary alicyclic amines) is 1. The van der Waals surface area contributed by atoms with Gasteiger partial charge in [0.1, 0.15) is 0 Å². The van der Waals surface area contributed by atoms with Crippen molar-refractivity contribution in [1.29, 1.82) is 0 Å². The Bertz CT molecular complexity index is 221. The number of hydrogen-bond acceptors (Lipinski definition) is 4. The molecule has 0 saturated carbocycles. The van der Waals surface area contributed by atoms with E-state index in [0.717, 1.165) is 19.5 Å². The number of esters is 1. The van der Waals surface area contributed by atoms with Crippen LogP contribution >= 0.6 is 0 Å². The molecule has 0 aromatic rings. The Morgan fingerprint density at radius 3 is 2.88 bits per heavy atom. The Morgan fingerprint density at radius 2 is 2.25 bits per heavy atom. The molecule has 1 aliphatic rings. The molecule has 0 aliphatic carbocycles. The number of hydrogen-bond donors (Lipinski definition) is 1. The monoisotopic (exact) mass is 228 g/mol. The van der Waals surface area contributed by atoms with Gasteiger partial charge in [-0.3, -0.25) is 9.69 Å². The van der Waals surface area contributed by atoms with E-state index in [1.165, 1.54) is 26.4 Å². The summed E-state index contributed by atoms with van der Waals surface area (Å²) in [7, 11) is 1.43. The van der Waals surface area contributed by atoms with Crippen LogP contribution < -0.4 is 5.73 Å². The third-order valence-electron chi connectivity index (χ3n) is 3.19. The third-order valence-corrected chi connectivity index (χ3v) is 3.19. The smallest absolute Gasteiger partial charge is 0.319 e. The summed E-state index contributed by atoms with van der Waals surface area (Å²) < 4.78 is 4.68. The van der Waals surface area contributed by atoms with Crippen LogP contribution in [0.25, 0.3) is 0 Å². The summed E-state index contributed by atoms with van der Waals surface area (Å²) in [6.45, 7) is 4.39. The van der Waals surface area contributed by atoms with Gasteiger partial charge in [-0.05, 0) is 18.8 Å². The second kappa shape index (κ2) is 6.86. The summed E-state index contributed by atoms with van der Waals surface area (Å²) >= 11 is 0. The summed E-state index contributed by atoms with van der Waals surface area (Å²) in [6, 6.07) is 0.209. The number of piperidine rings is 1. The molecular formula is C12H24N2O2. The molecule has 1 rings (SSSR count). The molecular weight excluding hydrogens is 204 g/mol. The highest BCUT2D eigenvalue weighted by atomic mass is 16.5. The molecule has 2 unspecified atom stereocenters. The van der Waals surface area contributed by atoms with Crippen LogP contribution in [0.4, 0.5) is 0 Å². The zero-order valence-electron chi connectivity index (χ0n) is 10.4. The van der Waals surface area contributed by atoms with Crippen LogP contribution in [0.15, 0.2) is 0 Å². The quantitative estimate of drug-likeness (QED) is 0.713. The topological polar surface area (TPSA) is 55.6 Å². The van der Waals surface area contributed by atoms with Gasteiger partial charge in [-0.25, -0.2) is 0 Å². The van der Waals surface area contributed by atoms with Crippen LogP contribution in [-0.2, 0) is 9.53 Å². The van der Waals surface area contributed by atoms with Gasteiger partial charge in [0.15, 0.2) is 0 Å². The van der Waals surface area contributed by atoms with E-state index in [1.54, 1.807) is 0 Å². The van der Waals surface area contributed by atoms with Crippen molar-refractivity contribution in [2.75, 3.05) is 26.7 Å². The minimum absolute atomic E-state index is 0.164. The highest BCUT2D eigenvalue weighted by Crippen LogP contribution is 2.20. The maximum Gasteiger partial charge on any atom is 0.319 e. The molecule has 0 amide bonds. The van der Waals surface area contributed by atoms with Crippen molar-refractivity contribution < 1.29 is 9.53 Å². The zero-order valence-corrected chi connectivity index (χ0v) is 10.4. The fraction of sp³-hybridized carbons (Fsp3) is 0.917. The van der Waals surface area contributed by atoms with Crippen molar-refractivity contribution in [3.05, 3.63) is 0 Å². The molecule has 1 aliphatic heterocycles. The first-order chi connectivity index (χ1) is 7.65. The SMILES string of the molecule is CCCCC1CC(N)CN(CC(=O)OC)C1. The lowest BCUT2D eigenvalue weighted by Crippen LogP contribution is -2.48. The van der Waals surface area contributed by atoms with Gasteiger partial charge in [0.25, 0.3) is 0 Å². The van der Waals surface area contributed by atoms with E-state index in [-0.39, 0.29) is 12.0 Å². The molecule has 1 saturated heterocycles. The van der Waals surface area contributed by atoms with Crippen molar-refractivity contribution in [1.82, 2.24) is 4.90 Å². The van der Waals surface area contributed by atoms with Gasteiger partial charge < -0.3 is 10.5 Å². The predicted octanol–water partition coefficient (Wildman–Crippen LogP) is 0.999. The lowest BCUT2D eigenvalue weighted by molar-refractivity contribution is -0.142. The number of nitrogens with zero attached hydrogens (tertiary/aromatic N) is 1. The third kappa shape index (κ3) is 4.49. The molecule has 4 heteroatoms. The molecule has 0 radical (unpaired) electrons. The van der Waals surface area contributed by atoms with Crippen molar-refractivity contribution in [2.24, 2.45) is 11.7 Å². The van der Waals surface area contributed by atoms with Gasteiger partial charge >= 0.3 is 5.97 Å². The van der Waals surface area contributed by atoms with Crippen LogP contribution in [0.1, 0.15) is 32.6 Å². The van der Waals surface area contributed by atoms with Crippen molar-refractivity contribution in [3.8, 4) is 0 Å². The molecule has 16 heavy (non-hydrogen) atoms. The fourth-order valence-electron chi connectivity index (χ4n) is 2.43. The molecule has 0 bridgehead atoms. The Kier molecular flexibility index (Phi) is 5.77. The van der Waals surface area contributed by atoms with Gasteiger partial charge in [0.05, 0.1) is 13.7 Å². The molecule has 1 fully saturated rings. The fourth-order valence-corrected chi connectivity index (χ4v) is 2.43. The lowest BCUT2D eigenvalue weighted by atomic mass is 9.90. The van der Waals surface area contributed by atoms with Gasteiger partial charge in [0, 0.05) is 19.1 Å². The summed E-state index contributed by atoms with van der Waals surface area (Å²) in [5.41, 5.74) is 6.01. The van der Waals surface area contributed by atoms with Crippen molar-refractivity contribution >= 4 is 5.97 Å². The standard InChI is InChI=1S/C12H24N2O2/c1-3-4-5-10-6-11(13)8-14(7-10)9-12(15)16-2/h10-11H,3-9,13H2,1-2H3. The number of unbranched alkanes of at least 4 members (excludes halogenated alkanes) is 1. The van der Waals surface area contributed by atoms with Crippen LogP contribution in [-0.4, -0.2) is 43.7 Å². The van der Waals surface area contributed by atoms with Gasteiger partial charge in [0.2, 0.25) is 0 Å².